The summed E-state index contributed by atoms with van der Waals surface area (Å²) >= 11 is 0. The molecule has 0 saturated carbocycles. The number of nitrogens with one attached hydrogen (secondary N) is 1. The van der Waals surface area contributed by atoms with Gasteiger partial charge < -0.3 is 10.2 Å². The Bertz CT molecular complexity index is 323. The van der Waals surface area contributed by atoms with Crippen molar-refractivity contribution in [2.24, 2.45) is 0 Å². The fourth-order valence-corrected chi connectivity index (χ4v) is 2.15. The van der Waals surface area contributed by atoms with Crippen LogP contribution in [0.15, 0.2) is 24.3 Å². The van der Waals surface area contributed by atoms with E-state index in [9.17, 15) is 0 Å². The van der Waals surface area contributed by atoms with Crippen LogP contribution in [0.2, 0.25) is 0 Å². The van der Waals surface area contributed by atoms with Gasteiger partial charge in [0.1, 0.15) is 0 Å². The molecule has 0 saturated heterocycles. The molecule has 0 fully saturated rings. The Kier molecular flexibility index (Phi) is 7.51. The molecule has 1 N–H and O–H groups in total. The van der Waals surface area contributed by atoms with Gasteiger partial charge in [0.05, 0.1) is 0 Å². The van der Waals surface area contributed by atoms with E-state index in [1.54, 1.807) is 0 Å². The highest BCUT2D eigenvalue weighted by Gasteiger charge is 2.03. The van der Waals surface area contributed by atoms with Gasteiger partial charge in [-0.05, 0) is 63.9 Å². The molecular formula is C16H28N2. The minimum atomic E-state index is 1.09. The highest BCUT2D eigenvalue weighted by Crippen LogP contribution is 2.16. The van der Waals surface area contributed by atoms with E-state index in [4.69, 9.17) is 0 Å². The van der Waals surface area contributed by atoms with Crippen LogP contribution in [0, 0.1) is 6.92 Å². The Morgan fingerprint density at radius 2 is 1.94 bits per heavy atom. The maximum Gasteiger partial charge on any atom is 0.0368 e. The largest absolute Gasteiger partial charge is 0.372 e. The topological polar surface area (TPSA) is 15.3 Å². The maximum atomic E-state index is 3.46. The first-order valence-electron chi connectivity index (χ1n) is 7.30. The van der Waals surface area contributed by atoms with Crippen LogP contribution in [0.3, 0.4) is 0 Å². The molecule has 0 radical (unpaired) electrons. The third-order valence-corrected chi connectivity index (χ3v) is 3.21. The molecule has 0 aliphatic carbocycles. The molecule has 0 atom stereocenters. The molecule has 0 aliphatic rings. The lowest BCUT2D eigenvalue weighted by atomic mass is 10.2. The Morgan fingerprint density at radius 3 is 2.61 bits per heavy atom. The molecule has 0 heterocycles. The van der Waals surface area contributed by atoms with Crippen molar-refractivity contribution in [2.75, 3.05) is 31.1 Å². The van der Waals surface area contributed by atoms with Crippen molar-refractivity contribution in [1.82, 2.24) is 5.32 Å². The van der Waals surface area contributed by atoms with Crippen LogP contribution in [0.1, 0.15) is 38.7 Å². The lowest BCUT2D eigenvalue weighted by Gasteiger charge is -2.23. The van der Waals surface area contributed by atoms with Crippen LogP contribution in [0.5, 0.6) is 0 Å². The van der Waals surface area contributed by atoms with Crippen molar-refractivity contribution in [3.05, 3.63) is 29.8 Å². The molecule has 2 nitrogen and oxygen atoms in total. The molecular weight excluding hydrogens is 220 g/mol. The van der Waals surface area contributed by atoms with Gasteiger partial charge in [-0.2, -0.15) is 0 Å². The summed E-state index contributed by atoms with van der Waals surface area (Å²) in [6, 6.07) is 8.80. The third kappa shape index (κ3) is 5.54. The van der Waals surface area contributed by atoms with Crippen LogP contribution < -0.4 is 10.2 Å². The summed E-state index contributed by atoms with van der Waals surface area (Å²) in [5, 5.41) is 3.46. The minimum Gasteiger partial charge on any atom is -0.372 e. The number of unbranched alkanes of at least 4 members (excludes halogenated alkanes) is 1. The summed E-state index contributed by atoms with van der Waals surface area (Å²) < 4.78 is 0. The van der Waals surface area contributed by atoms with Gasteiger partial charge in [0.2, 0.25) is 0 Å². The van der Waals surface area contributed by atoms with Crippen LogP contribution in [0.25, 0.3) is 0 Å². The molecule has 1 aromatic rings. The van der Waals surface area contributed by atoms with Crippen molar-refractivity contribution < 1.29 is 0 Å². The summed E-state index contributed by atoms with van der Waals surface area (Å²) in [5.41, 5.74) is 2.70. The van der Waals surface area contributed by atoms with E-state index in [-0.39, 0.29) is 0 Å². The zero-order valence-electron chi connectivity index (χ0n) is 12.2. The van der Waals surface area contributed by atoms with Crippen LogP contribution in [0.4, 0.5) is 5.69 Å². The number of anilines is 1. The van der Waals surface area contributed by atoms with Crippen LogP contribution in [-0.2, 0) is 0 Å². The first-order valence-corrected chi connectivity index (χ1v) is 7.30. The predicted molar refractivity (Wildman–Crippen MR) is 81.5 cm³/mol. The Balaban J connectivity index is 2.29. The Hall–Kier alpha value is -1.02. The average molecular weight is 248 g/mol. The summed E-state index contributed by atoms with van der Waals surface area (Å²) in [6.45, 7) is 11.2. The number of benzene rings is 1. The molecule has 0 aromatic heterocycles. The van der Waals surface area contributed by atoms with Crippen molar-refractivity contribution >= 4 is 5.69 Å². The van der Waals surface area contributed by atoms with E-state index in [1.165, 1.54) is 30.5 Å². The van der Waals surface area contributed by atoms with E-state index >= 15 is 0 Å². The Labute approximate surface area is 112 Å². The highest BCUT2D eigenvalue weighted by atomic mass is 15.1. The average Bonchev–Trinajstić information content (AvgIpc) is 2.38. The van der Waals surface area contributed by atoms with Gasteiger partial charge in [-0.15, -0.1) is 0 Å². The van der Waals surface area contributed by atoms with E-state index in [1.807, 2.05) is 0 Å². The molecule has 0 amide bonds. The molecule has 102 valence electrons. The van der Waals surface area contributed by atoms with Crippen molar-refractivity contribution in [3.8, 4) is 0 Å². The van der Waals surface area contributed by atoms with Gasteiger partial charge in [-0.1, -0.05) is 19.1 Å². The zero-order chi connectivity index (χ0) is 13.2. The Morgan fingerprint density at radius 1 is 1.11 bits per heavy atom. The van der Waals surface area contributed by atoms with Gasteiger partial charge >= 0.3 is 0 Å². The second-order valence-electron chi connectivity index (χ2n) is 4.88. The first-order chi connectivity index (χ1) is 8.77. The minimum absolute atomic E-state index is 1.09. The SMILES string of the molecule is CCCNCCCCN(CC)c1cccc(C)c1. The standard InChI is InChI=1S/C16H28N2/c1-4-11-17-12-6-7-13-18(5-2)16-10-8-9-15(3)14-16/h8-10,14,17H,4-7,11-13H2,1-3H3. The number of hydrogen-bond acceptors (Lipinski definition) is 2. The third-order valence-electron chi connectivity index (χ3n) is 3.21. The molecule has 0 bridgehead atoms. The summed E-state index contributed by atoms with van der Waals surface area (Å²) in [6.07, 6.45) is 3.76. The van der Waals surface area contributed by atoms with Gasteiger partial charge in [0.15, 0.2) is 0 Å². The number of aryl methyl sites for hydroxylation is 1. The van der Waals surface area contributed by atoms with Crippen molar-refractivity contribution in [3.63, 3.8) is 0 Å². The summed E-state index contributed by atoms with van der Waals surface area (Å²) in [7, 11) is 0. The fourth-order valence-electron chi connectivity index (χ4n) is 2.15. The number of rotatable bonds is 9. The van der Waals surface area contributed by atoms with Gasteiger partial charge in [0.25, 0.3) is 0 Å². The molecule has 0 aliphatic heterocycles. The van der Waals surface area contributed by atoms with E-state index in [0.717, 1.165) is 26.2 Å². The molecule has 0 unspecified atom stereocenters. The van der Waals surface area contributed by atoms with Crippen LogP contribution in [-0.4, -0.2) is 26.2 Å². The highest BCUT2D eigenvalue weighted by molar-refractivity contribution is 5.48. The fraction of sp³-hybridized carbons (Fsp3) is 0.625. The van der Waals surface area contributed by atoms with E-state index in [0.29, 0.717) is 0 Å². The van der Waals surface area contributed by atoms with Gasteiger partial charge in [-0.25, -0.2) is 0 Å². The predicted octanol–water partition coefficient (Wildman–Crippen LogP) is 3.60. The second kappa shape index (κ2) is 8.98. The summed E-state index contributed by atoms with van der Waals surface area (Å²) in [4.78, 5) is 2.47. The van der Waals surface area contributed by atoms with Crippen molar-refractivity contribution in [2.45, 2.75) is 40.0 Å². The van der Waals surface area contributed by atoms with Gasteiger partial charge in [0, 0.05) is 18.8 Å². The molecule has 1 aromatic carbocycles. The monoisotopic (exact) mass is 248 g/mol. The maximum absolute atomic E-state index is 3.46. The second-order valence-corrected chi connectivity index (χ2v) is 4.88. The van der Waals surface area contributed by atoms with E-state index < -0.39 is 0 Å². The normalized spacial score (nSPS) is 10.6. The quantitative estimate of drug-likeness (QED) is 0.672. The first kappa shape index (κ1) is 15.0. The summed E-state index contributed by atoms with van der Waals surface area (Å²) in [5.74, 6) is 0. The molecule has 1 rings (SSSR count). The lowest BCUT2D eigenvalue weighted by Crippen LogP contribution is -2.25. The zero-order valence-corrected chi connectivity index (χ0v) is 12.2. The molecule has 2 heteroatoms. The van der Waals surface area contributed by atoms with Crippen LogP contribution >= 0.6 is 0 Å². The molecule has 18 heavy (non-hydrogen) atoms. The van der Waals surface area contributed by atoms with Gasteiger partial charge in [-0.3, -0.25) is 0 Å². The van der Waals surface area contributed by atoms with E-state index in [2.05, 4.69) is 55.3 Å². The lowest BCUT2D eigenvalue weighted by molar-refractivity contribution is 0.610. The molecule has 0 spiro atoms. The van der Waals surface area contributed by atoms with Crippen molar-refractivity contribution in [1.29, 1.82) is 0 Å². The number of nitrogens with zero attached hydrogens (tertiary/aromatic N) is 1. The number of hydrogen-bond donors (Lipinski definition) is 1. The smallest absolute Gasteiger partial charge is 0.0368 e.